The Hall–Kier alpha value is -2.11. The van der Waals surface area contributed by atoms with Gasteiger partial charge in [0.25, 0.3) is 0 Å². The maximum absolute atomic E-state index is 13.1. The van der Waals surface area contributed by atoms with Crippen molar-refractivity contribution in [2.24, 2.45) is 5.92 Å². The third kappa shape index (κ3) is 5.09. The molecule has 1 amide bonds. The molecule has 2 aromatic carbocycles. The van der Waals surface area contributed by atoms with Gasteiger partial charge in [-0.1, -0.05) is 23.7 Å². The predicted octanol–water partition coefficient (Wildman–Crippen LogP) is 4.04. The van der Waals surface area contributed by atoms with Gasteiger partial charge in [-0.05, 0) is 61.3 Å². The molecule has 0 saturated carbocycles. The molecule has 4 rings (SSSR count). The number of rotatable bonds is 4. The van der Waals surface area contributed by atoms with E-state index >= 15 is 0 Å². The average Bonchev–Trinajstić information content (AvgIpc) is 2.74. The SMILES string of the molecule is O=C(C1CCCN(Cc2cccc(Cl)c2)C1)N1CCN(c2ccc(F)cc2)CC1. The molecular weight excluding hydrogens is 389 g/mol. The maximum Gasteiger partial charge on any atom is 0.227 e. The smallest absolute Gasteiger partial charge is 0.227 e. The number of anilines is 1. The third-order valence-electron chi connectivity index (χ3n) is 5.93. The van der Waals surface area contributed by atoms with Crippen LogP contribution in [0.2, 0.25) is 5.02 Å². The van der Waals surface area contributed by atoms with Crippen LogP contribution in [0.5, 0.6) is 0 Å². The van der Waals surface area contributed by atoms with E-state index in [0.29, 0.717) is 0 Å². The number of piperazine rings is 1. The minimum absolute atomic E-state index is 0.0697. The van der Waals surface area contributed by atoms with Crippen molar-refractivity contribution in [3.8, 4) is 0 Å². The van der Waals surface area contributed by atoms with Crippen molar-refractivity contribution in [3.05, 3.63) is 64.9 Å². The van der Waals surface area contributed by atoms with Gasteiger partial charge in [0.05, 0.1) is 5.92 Å². The van der Waals surface area contributed by atoms with Gasteiger partial charge in [0.1, 0.15) is 5.82 Å². The summed E-state index contributed by atoms with van der Waals surface area (Å²) in [5, 5.41) is 0.756. The van der Waals surface area contributed by atoms with Crippen LogP contribution in [-0.4, -0.2) is 55.0 Å². The van der Waals surface area contributed by atoms with Gasteiger partial charge in [-0.25, -0.2) is 4.39 Å². The molecule has 29 heavy (non-hydrogen) atoms. The van der Waals surface area contributed by atoms with Gasteiger partial charge in [-0.15, -0.1) is 0 Å². The average molecular weight is 416 g/mol. The molecule has 1 unspecified atom stereocenters. The number of hydrogen-bond acceptors (Lipinski definition) is 3. The summed E-state index contributed by atoms with van der Waals surface area (Å²) in [5.41, 5.74) is 2.21. The maximum atomic E-state index is 13.1. The highest BCUT2D eigenvalue weighted by atomic mass is 35.5. The summed E-state index contributed by atoms with van der Waals surface area (Å²) in [7, 11) is 0. The van der Waals surface area contributed by atoms with E-state index in [2.05, 4.69) is 15.9 Å². The van der Waals surface area contributed by atoms with Crippen LogP contribution < -0.4 is 4.90 Å². The number of nitrogens with zero attached hydrogens (tertiary/aromatic N) is 3. The number of carbonyl (C=O) groups excluding carboxylic acids is 1. The second kappa shape index (κ2) is 9.14. The van der Waals surface area contributed by atoms with Gasteiger partial charge in [0.2, 0.25) is 5.91 Å². The summed E-state index contributed by atoms with van der Waals surface area (Å²) in [6.07, 6.45) is 2.01. The Labute approximate surface area is 176 Å². The molecule has 2 fully saturated rings. The van der Waals surface area contributed by atoms with Crippen molar-refractivity contribution in [3.63, 3.8) is 0 Å². The molecule has 2 aromatic rings. The third-order valence-corrected chi connectivity index (χ3v) is 6.17. The number of benzene rings is 2. The van der Waals surface area contributed by atoms with Gasteiger partial charge in [-0.2, -0.15) is 0 Å². The summed E-state index contributed by atoms with van der Waals surface area (Å²) in [5.74, 6) is 0.127. The predicted molar refractivity (Wildman–Crippen MR) is 115 cm³/mol. The number of piperidine rings is 1. The molecule has 0 bridgehead atoms. The zero-order valence-corrected chi connectivity index (χ0v) is 17.3. The van der Waals surface area contributed by atoms with Crippen LogP contribution in [0.3, 0.4) is 0 Å². The molecule has 0 aliphatic carbocycles. The Morgan fingerprint density at radius 3 is 2.52 bits per heavy atom. The fourth-order valence-electron chi connectivity index (χ4n) is 4.39. The van der Waals surface area contributed by atoms with Gasteiger partial charge < -0.3 is 9.80 Å². The highest BCUT2D eigenvalue weighted by Crippen LogP contribution is 2.23. The molecule has 2 heterocycles. The monoisotopic (exact) mass is 415 g/mol. The van der Waals surface area contributed by atoms with Gasteiger partial charge in [0.15, 0.2) is 0 Å². The first-order valence-corrected chi connectivity index (χ1v) is 10.7. The zero-order chi connectivity index (χ0) is 20.2. The van der Waals surface area contributed by atoms with Crippen molar-refractivity contribution in [2.45, 2.75) is 19.4 Å². The molecule has 0 N–H and O–H groups in total. The lowest BCUT2D eigenvalue weighted by atomic mass is 9.95. The number of amides is 1. The standard InChI is InChI=1S/C23H27ClFN3O/c24-20-5-1-3-18(15-20)16-26-10-2-4-19(17-26)23(29)28-13-11-27(12-14-28)22-8-6-21(25)7-9-22/h1,3,5-9,15,19H,2,4,10-14,16-17H2. The molecule has 4 nitrogen and oxygen atoms in total. The number of likely N-dealkylation sites (tertiary alicyclic amines) is 1. The van der Waals surface area contributed by atoms with E-state index in [-0.39, 0.29) is 17.6 Å². The highest BCUT2D eigenvalue weighted by molar-refractivity contribution is 6.30. The van der Waals surface area contributed by atoms with E-state index in [0.717, 1.165) is 69.4 Å². The second-order valence-corrected chi connectivity index (χ2v) is 8.43. The Morgan fingerprint density at radius 2 is 1.79 bits per heavy atom. The minimum Gasteiger partial charge on any atom is -0.368 e. The van der Waals surface area contributed by atoms with Crippen molar-refractivity contribution >= 4 is 23.2 Å². The van der Waals surface area contributed by atoms with Gasteiger partial charge in [0, 0.05) is 50.0 Å². The lowest BCUT2D eigenvalue weighted by Gasteiger charge is -2.39. The van der Waals surface area contributed by atoms with Gasteiger partial charge >= 0.3 is 0 Å². The zero-order valence-electron chi connectivity index (χ0n) is 16.6. The number of halogens is 2. The fraction of sp³-hybridized carbons (Fsp3) is 0.435. The number of hydrogen-bond donors (Lipinski definition) is 0. The van der Waals surface area contributed by atoms with Crippen molar-refractivity contribution in [1.29, 1.82) is 0 Å². The van der Waals surface area contributed by atoms with Crippen LogP contribution in [0.15, 0.2) is 48.5 Å². The Morgan fingerprint density at radius 1 is 1.03 bits per heavy atom. The first-order valence-electron chi connectivity index (χ1n) is 10.3. The fourth-order valence-corrected chi connectivity index (χ4v) is 4.60. The molecule has 2 saturated heterocycles. The lowest BCUT2D eigenvalue weighted by Crippen LogP contribution is -2.52. The highest BCUT2D eigenvalue weighted by Gasteiger charge is 2.31. The lowest BCUT2D eigenvalue weighted by molar-refractivity contribution is -0.137. The van der Waals surface area contributed by atoms with E-state index in [9.17, 15) is 9.18 Å². The molecular formula is C23H27ClFN3O. The Balaban J connectivity index is 1.30. The topological polar surface area (TPSA) is 26.8 Å². The Kier molecular flexibility index (Phi) is 6.36. The molecule has 2 aliphatic heterocycles. The summed E-state index contributed by atoms with van der Waals surface area (Å²) < 4.78 is 13.1. The normalized spacial score (nSPS) is 20.7. The summed E-state index contributed by atoms with van der Waals surface area (Å²) in [6.45, 7) is 5.69. The van der Waals surface area contributed by atoms with Crippen molar-refractivity contribution < 1.29 is 9.18 Å². The van der Waals surface area contributed by atoms with E-state index < -0.39 is 0 Å². The van der Waals surface area contributed by atoms with Crippen LogP contribution in [0.4, 0.5) is 10.1 Å². The Bertz CT molecular complexity index is 836. The molecule has 1 atom stereocenters. The number of carbonyl (C=O) groups is 1. The van der Waals surface area contributed by atoms with Crippen molar-refractivity contribution in [1.82, 2.24) is 9.80 Å². The summed E-state index contributed by atoms with van der Waals surface area (Å²) in [4.78, 5) is 19.7. The van der Waals surface area contributed by atoms with E-state index in [1.54, 1.807) is 0 Å². The van der Waals surface area contributed by atoms with E-state index in [4.69, 9.17) is 11.6 Å². The molecule has 0 spiro atoms. The van der Waals surface area contributed by atoms with E-state index in [1.165, 1.54) is 17.7 Å². The summed E-state index contributed by atoms with van der Waals surface area (Å²) in [6, 6.07) is 14.5. The van der Waals surface area contributed by atoms with Crippen LogP contribution in [-0.2, 0) is 11.3 Å². The minimum atomic E-state index is -0.220. The van der Waals surface area contributed by atoms with Crippen LogP contribution in [0.1, 0.15) is 18.4 Å². The molecule has 6 heteroatoms. The van der Waals surface area contributed by atoms with Crippen molar-refractivity contribution in [2.75, 3.05) is 44.2 Å². The van der Waals surface area contributed by atoms with E-state index in [1.807, 2.05) is 35.2 Å². The molecule has 2 aliphatic rings. The quantitative estimate of drug-likeness (QED) is 0.754. The second-order valence-electron chi connectivity index (χ2n) is 7.99. The van der Waals surface area contributed by atoms with Crippen LogP contribution in [0.25, 0.3) is 0 Å². The summed E-state index contributed by atoms with van der Waals surface area (Å²) >= 11 is 6.11. The molecule has 0 radical (unpaired) electrons. The molecule has 154 valence electrons. The van der Waals surface area contributed by atoms with Crippen LogP contribution in [0, 0.1) is 11.7 Å². The largest absolute Gasteiger partial charge is 0.368 e. The van der Waals surface area contributed by atoms with Gasteiger partial charge in [-0.3, -0.25) is 9.69 Å². The molecule has 0 aromatic heterocycles. The first kappa shape index (κ1) is 20.2. The van der Waals surface area contributed by atoms with Crippen LogP contribution >= 0.6 is 11.6 Å². The first-order chi connectivity index (χ1) is 14.1.